The Hall–Kier alpha value is -1.02. The molecule has 0 aromatic heterocycles. The van der Waals surface area contributed by atoms with Crippen molar-refractivity contribution in [2.24, 2.45) is 11.8 Å². The van der Waals surface area contributed by atoms with Crippen molar-refractivity contribution in [1.82, 2.24) is 0 Å². The van der Waals surface area contributed by atoms with Gasteiger partial charge in [0.05, 0.1) is 12.7 Å². The molecule has 3 atom stereocenters. The molecule has 2 nitrogen and oxygen atoms in total. The molecule has 1 aromatic rings. The lowest BCUT2D eigenvalue weighted by molar-refractivity contribution is 0.0138. The Morgan fingerprint density at radius 3 is 2.80 bits per heavy atom. The van der Waals surface area contributed by atoms with Crippen LogP contribution in [0.5, 0.6) is 5.75 Å². The van der Waals surface area contributed by atoms with Crippen LogP contribution in [0.25, 0.3) is 0 Å². The maximum atomic E-state index is 10.5. The molecule has 0 amide bonds. The SMILES string of the molecule is CC1CCC(C(C)(C)c2cccc3c2OCC3)C(O)C1. The summed E-state index contributed by atoms with van der Waals surface area (Å²) >= 11 is 0. The van der Waals surface area contributed by atoms with Gasteiger partial charge >= 0.3 is 0 Å². The molecule has 20 heavy (non-hydrogen) atoms. The van der Waals surface area contributed by atoms with Crippen LogP contribution in [0.15, 0.2) is 18.2 Å². The summed E-state index contributed by atoms with van der Waals surface area (Å²) in [4.78, 5) is 0. The van der Waals surface area contributed by atoms with Gasteiger partial charge in [-0.3, -0.25) is 0 Å². The van der Waals surface area contributed by atoms with Gasteiger partial charge in [0.15, 0.2) is 0 Å². The van der Waals surface area contributed by atoms with Crippen LogP contribution in [0, 0.1) is 11.8 Å². The summed E-state index contributed by atoms with van der Waals surface area (Å²) in [7, 11) is 0. The second kappa shape index (κ2) is 5.07. The summed E-state index contributed by atoms with van der Waals surface area (Å²) in [6, 6.07) is 6.50. The van der Waals surface area contributed by atoms with E-state index >= 15 is 0 Å². The standard InChI is InChI=1S/C18H26O2/c1-12-7-8-14(16(19)11-12)18(2,3)15-6-4-5-13-9-10-20-17(13)15/h4-6,12,14,16,19H,7-11H2,1-3H3. The highest BCUT2D eigenvalue weighted by Crippen LogP contribution is 2.46. The first-order valence-corrected chi connectivity index (χ1v) is 7.93. The number of ether oxygens (including phenoxy) is 1. The minimum Gasteiger partial charge on any atom is -0.493 e. The molecule has 1 N–H and O–H groups in total. The first-order chi connectivity index (χ1) is 9.50. The average molecular weight is 274 g/mol. The third-order valence-corrected chi connectivity index (χ3v) is 5.41. The van der Waals surface area contributed by atoms with Crippen molar-refractivity contribution in [3.63, 3.8) is 0 Å². The van der Waals surface area contributed by atoms with Crippen molar-refractivity contribution in [2.45, 2.75) is 58.0 Å². The molecule has 1 aromatic carbocycles. The van der Waals surface area contributed by atoms with Gasteiger partial charge < -0.3 is 9.84 Å². The maximum Gasteiger partial charge on any atom is 0.126 e. The van der Waals surface area contributed by atoms with E-state index in [-0.39, 0.29) is 11.5 Å². The molecule has 1 fully saturated rings. The topological polar surface area (TPSA) is 29.5 Å². The molecule has 0 saturated heterocycles. The van der Waals surface area contributed by atoms with Crippen LogP contribution in [0.1, 0.15) is 51.2 Å². The quantitative estimate of drug-likeness (QED) is 0.891. The zero-order valence-electron chi connectivity index (χ0n) is 12.9. The highest BCUT2D eigenvalue weighted by molar-refractivity contribution is 5.48. The van der Waals surface area contributed by atoms with E-state index in [0.717, 1.165) is 31.6 Å². The molecule has 1 heterocycles. The Morgan fingerprint density at radius 2 is 2.05 bits per heavy atom. The number of rotatable bonds is 2. The van der Waals surface area contributed by atoms with Gasteiger partial charge in [0.1, 0.15) is 5.75 Å². The lowest BCUT2D eigenvalue weighted by atomic mass is 9.64. The normalized spacial score (nSPS) is 29.9. The van der Waals surface area contributed by atoms with Crippen molar-refractivity contribution < 1.29 is 9.84 Å². The van der Waals surface area contributed by atoms with Crippen molar-refractivity contribution in [1.29, 1.82) is 0 Å². The lowest BCUT2D eigenvalue weighted by Crippen LogP contribution is -2.41. The fraction of sp³-hybridized carbons (Fsp3) is 0.667. The lowest BCUT2D eigenvalue weighted by Gasteiger charge is -2.42. The summed E-state index contributed by atoms with van der Waals surface area (Å²) in [5, 5.41) is 10.5. The largest absolute Gasteiger partial charge is 0.493 e. The Morgan fingerprint density at radius 1 is 1.25 bits per heavy atom. The van der Waals surface area contributed by atoms with Gasteiger partial charge in [-0.05, 0) is 35.7 Å². The molecular weight excluding hydrogens is 248 g/mol. The van der Waals surface area contributed by atoms with Crippen LogP contribution in [0.3, 0.4) is 0 Å². The predicted octanol–water partition coefficient (Wildman–Crippen LogP) is 3.70. The molecule has 1 saturated carbocycles. The van der Waals surface area contributed by atoms with Crippen LogP contribution in [-0.2, 0) is 11.8 Å². The Bertz CT molecular complexity index is 492. The molecule has 1 aliphatic heterocycles. The summed E-state index contributed by atoms with van der Waals surface area (Å²) in [6.07, 6.45) is 4.10. The van der Waals surface area contributed by atoms with E-state index in [4.69, 9.17) is 4.74 Å². The zero-order chi connectivity index (χ0) is 14.3. The summed E-state index contributed by atoms with van der Waals surface area (Å²) in [5.74, 6) is 2.06. The van der Waals surface area contributed by atoms with Gasteiger partial charge in [0.25, 0.3) is 0 Å². The maximum absolute atomic E-state index is 10.5. The van der Waals surface area contributed by atoms with E-state index < -0.39 is 0 Å². The van der Waals surface area contributed by atoms with Crippen LogP contribution < -0.4 is 4.74 Å². The smallest absolute Gasteiger partial charge is 0.126 e. The van der Waals surface area contributed by atoms with Gasteiger partial charge in [-0.15, -0.1) is 0 Å². The van der Waals surface area contributed by atoms with E-state index in [1.807, 2.05) is 0 Å². The van der Waals surface area contributed by atoms with Gasteiger partial charge in [-0.25, -0.2) is 0 Å². The van der Waals surface area contributed by atoms with E-state index in [1.54, 1.807) is 0 Å². The average Bonchev–Trinajstić information content (AvgIpc) is 2.85. The number of hydrogen-bond donors (Lipinski definition) is 1. The zero-order valence-corrected chi connectivity index (χ0v) is 12.9. The van der Waals surface area contributed by atoms with Crippen LogP contribution in [-0.4, -0.2) is 17.8 Å². The third kappa shape index (κ3) is 2.24. The second-order valence-electron chi connectivity index (χ2n) is 7.21. The Labute approximate surface area is 122 Å². The number of aliphatic hydroxyl groups is 1. The van der Waals surface area contributed by atoms with Gasteiger partial charge in [0.2, 0.25) is 0 Å². The highest BCUT2D eigenvalue weighted by Gasteiger charge is 2.41. The van der Waals surface area contributed by atoms with Gasteiger partial charge in [0, 0.05) is 12.0 Å². The number of fused-ring (bicyclic) bond motifs is 1. The Kier molecular flexibility index (Phi) is 3.53. The van der Waals surface area contributed by atoms with Crippen LogP contribution in [0.4, 0.5) is 0 Å². The molecule has 110 valence electrons. The van der Waals surface area contributed by atoms with Gasteiger partial charge in [-0.2, -0.15) is 0 Å². The molecule has 2 heteroatoms. The molecule has 0 radical (unpaired) electrons. The van der Waals surface area contributed by atoms with Crippen LogP contribution in [0.2, 0.25) is 0 Å². The summed E-state index contributed by atoms with van der Waals surface area (Å²) < 4.78 is 5.88. The molecule has 2 aliphatic rings. The van der Waals surface area contributed by atoms with Gasteiger partial charge in [-0.1, -0.05) is 45.4 Å². The number of benzene rings is 1. The van der Waals surface area contributed by atoms with E-state index in [1.165, 1.54) is 17.5 Å². The Balaban J connectivity index is 1.94. The van der Waals surface area contributed by atoms with Crippen molar-refractivity contribution in [2.75, 3.05) is 6.61 Å². The molecular formula is C18H26O2. The van der Waals surface area contributed by atoms with E-state index in [2.05, 4.69) is 39.0 Å². The second-order valence-corrected chi connectivity index (χ2v) is 7.21. The molecule has 3 rings (SSSR count). The monoisotopic (exact) mass is 274 g/mol. The number of para-hydroxylation sites is 1. The fourth-order valence-corrected chi connectivity index (χ4v) is 4.11. The molecule has 3 unspecified atom stereocenters. The summed E-state index contributed by atoms with van der Waals surface area (Å²) in [5.41, 5.74) is 2.58. The van der Waals surface area contributed by atoms with Crippen molar-refractivity contribution in [3.05, 3.63) is 29.3 Å². The number of hydrogen-bond acceptors (Lipinski definition) is 2. The predicted molar refractivity (Wildman–Crippen MR) is 81.2 cm³/mol. The molecule has 0 spiro atoms. The first kappa shape index (κ1) is 13.9. The minimum absolute atomic E-state index is 0.0325. The summed E-state index contributed by atoms with van der Waals surface area (Å²) in [6.45, 7) is 7.59. The van der Waals surface area contributed by atoms with Crippen molar-refractivity contribution in [3.8, 4) is 5.75 Å². The molecule has 1 aliphatic carbocycles. The van der Waals surface area contributed by atoms with E-state index in [0.29, 0.717) is 11.8 Å². The number of aliphatic hydroxyl groups excluding tert-OH is 1. The van der Waals surface area contributed by atoms with Crippen molar-refractivity contribution >= 4 is 0 Å². The highest BCUT2D eigenvalue weighted by atomic mass is 16.5. The van der Waals surface area contributed by atoms with E-state index in [9.17, 15) is 5.11 Å². The molecule has 0 bridgehead atoms. The first-order valence-electron chi connectivity index (χ1n) is 7.93. The fourth-order valence-electron chi connectivity index (χ4n) is 4.11. The van der Waals surface area contributed by atoms with Crippen LogP contribution >= 0.6 is 0 Å². The third-order valence-electron chi connectivity index (χ3n) is 5.41. The minimum atomic E-state index is -0.189.